The SMILES string of the molecule is CCOc1ccccc1Cn1c(=O)c2sccc2n2c(=O)n(CCOc3ccccc3)nc12. The van der Waals surface area contributed by atoms with Crippen molar-refractivity contribution < 1.29 is 9.47 Å². The fourth-order valence-electron chi connectivity index (χ4n) is 3.79. The third-order valence-electron chi connectivity index (χ3n) is 5.30. The molecule has 0 unspecified atom stereocenters. The zero-order valence-electron chi connectivity index (χ0n) is 18.0. The molecule has 0 spiro atoms. The number of hydrogen-bond donors (Lipinski definition) is 0. The van der Waals surface area contributed by atoms with Crippen molar-refractivity contribution in [2.24, 2.45) is 0 Å². The van der Waals surface area contributed by atoms with Crippen molar-refractivity contribution in [3.05, 3.63) is 92.4 Å². The predicted octanol–water partition coefficient (Wildman–Crippen LogP) is 3.40. The molecule has 3 aromatic heterocycles. The number of hydrogen-bond acceptors (Lipinski definition) is 6. The van der Waals surface area contributed by atoms with Crippen LogP contribution in [-0.4, -0.2) is 32.0 Å². The topological polar surface area (TPSA) is 79.8 Å². The van der Waals surface area contributed by atoms with Crippen molar-refractivity contribution in [3.63, 3.8) is 0 Å². The molecule has 0 fully saturated rings. The Morgan fingerprint density at radius 1 is 0.970 bits per heavy atom. The Morgan fingerprint density at radius 3 is 2.58 bits per heavy atom. The van der Waals surface area contributed by atoms with Gasteiger partial charge in [0.05, 0.1) is 25.2 Å². The first-order valence-corrected chi connectivity index (χ1v) is 11.5. The van der Waals surface area contributed by atoms with Crippen LogP contribution < -0.4 is 20.7 Å². The van der Waals surface area contributed by atoms with Crippen molar-refractivity contribution in [2.45, 2.75) is 20.0 Å². The van der Waals surface area contributed by atoms with Crippen LogP contribution in [0, 0.1) is 0 Å². The predicted molar refractivity (Wildman–Crippen MR) is 128 cm³/mol. The number of aromatic nitrogens is 4. The Bertz CT molecular complexity index is 1530. The second-order valence-corrected chi connectivity index (χ2v) is 8.29. The molecule has 0 aliphatic heterocycles. The van der Waals surface area contributed by atoms with Gasteiger partial charge in [-0.3, -0.25) is 9.36 Å². The average molecular weight is 463 g/mol. The summed E-state index contributed by atoms with van der Waals surface area (Å²) < 4.78 is 16.4. The van der Waals surface area contributed by atoms with Crippen LogP contribution in [0.25, 0.3) is 16.0 Å². The second-order valence-electron chi connectivity index (χ2n) is 7.37. The van der Waals surface area contributed by atoms with Crippen LogP contribution in [0.3, 0.4) is 0 Å². The molecule has 168 valence electrons. The van der Waals surface area contributed by atoms with Gasteiger partial charge in [0.2, 0.25) is 5.78 Å². The van der Waals surface area contributed by atoms with E-state index in [4.69, 9.17) is 9.47 Å². The largest absolute Gasteiger partial charge is 0.494 e. The van der Waals surface area contributed by atoms with E-state index in [0.717, 1.165) is 11.3 Å². The van der Waals surface area contributed by atoms with E-state index in [1.807, 2.05) is 66.9 Å². The third-order valence-corrected chi connectivity index (χ3v) is 6.20. The minimum absolute atomic E-state index is 0.184. The van der Waals surface area contributed by atoms with E-state index in [1.54, 1.807) is 6.07 Å². The van der Waals surface area contributed by atoms with Gasteiger partial charge in [-0.05, 0) is 36.6 Å². The molecule has 33 heavy (non-hydrogen) atoms. The highest BCUT2D eigenvalue weighted by molar-refractivity contribution is 7.17. The number of nitrogens with zero attached hydrogens (tertiary/aromatic N) is 4. The molecule has 5 rings (SSSR count). The Labute approximate surface area is 192 Å². The van der Waals surface area contributed by atoms with Crippen molar-refractivity contribution >= 4 is 27.3 Å². The van der Waals surface area contributed by atoms with Crippen LogP contribution in [0.5, 0.6) is 11.5 Å². The summed E-state index contributed by atoms with van der Waals surface area (Å²) in [7, 11) is 0. The van der Waals surface area contributed by atoms with Gasteiger partial charge in [-0.1, -0.05) is 36.4 Å². The standard InChI is InChI=1S/C24H22N4O4S/c1-2-31-20-11-7-6-8-17(20)16-26-22(29)21-19(12-15-33-21)28-23(26)25-27(24(28)30)13-14-32-18-9-4-3-5-10-18/h3-12,15H,2,13-14,16H2,1H3. The van der Waals surface area contributed by atoms with Gasteiger partial charge in [0.1, 0.15) is 22.8 Å². The van der Waals surface area contributed by atoms with Crippen molar-refractivity contribution in [3.8, 4) is 11.5 Å². The Balaban J connectivity index is 1.57. The van der Waals surface area contributed by atoms with E-state index < -0.39 is 0 Å². The summed E-state index contributed by atoms with van der Waals surface area (Å²) in [5, 5.41) is 6.33. The van der Waals surface area contributed by atoms with Crippen LogP contribution in [0.4, 0.5) is 0 Å². The third kappa shape index (κ3) is 3.91. The first kappa shape index (κ1) is 21.0. The van der Waals surface area contributed by atoms with Crippen molar-refractivity contribution in [1.82, 2.24) is 18.7 Å². The molecular weight excluding hydrogens is 440 g/mol. The summed E-state index contributed by atoms with van der Waals surface area (Å²) in [4.78, 5) is 26.6. The number of fused-ring (bicyclic) bond motifs is 3. The Kier molecular flexibility index (Phi) is 5.70. The van der Waals surface area contributed by atoms with Crippen LogP contribution in [0.15, 0.2) is 75.6 Å². The van der Waals surface area contributed by atoms with Gasteiger partial charge in [-0.25, -0.2) is 13.9 Å². The minimum atomic E-state index is -0.308. The molecule has 0 atom stereocenters. The van der Waals surface area contributed by atoms with E-state index in [1.165, 1.54) is 25.0 Å². The average Bonchev–Trinajstić information content (AvgIpc) is 3.44. The quantitative estimate of drug-likeness (QED) is 0.353. The van der Waals surface area contributed by atoms with Crippen LogP contribution in [0.1, 0.15) is 12.5 Å². The molecule has 0 amide bonds. The summed E-state index contributed by atoms with van der Waals surface area (Å²) in [6.07, 6.45) is 0. The number of rotatable bonds is 8. The molecule has 0 radical (unpaired) electrons. The highest BCUT2D eigenvalue weighted by atomic mass is 32.1. The summed E-state index contributed by atoms with van der Waals surface area (Å²) in [5.74, 6) is 1.72. The number of benzene rings is 2. The molecule has 0 saturated carbocycles. The van der Waals surface area contributed by atoms with Crippen LogP contribution >= 0.6 is 11.3 Å². The van der Waals surface area contributed by atoms with Gasteiger partial charge in [-0.2, -0.15) is 0 Å². The molecule has 2 aromatic carbocycles. The van der Waals surface area contributed by atoms with Gasteiger partial charge >= 0.3 is 5.69 Å². The van der Waals surface area contributed by atoms with Gasteiger partial charge < -0.3 is 9.47 Å². The highest BCUT2D eigenvalue weighted by Crippen LogP contribution is 2.22. The fraction of sp³-hybridized carbons (Fsp3) is 0.208. The van der Waals surface area contributed by atoms with Gasteiger partial charge in [-0.15, -0.1) is 16.4 Å². The van der Waals surface area contributed by atoms with Crippen LogP contribution in [-0.2, 0) is 13.1 Å². The molecule has 0 bridgehead atoms. The van der Waals surface area contributed by atoms with E-state index in [0.29, 0.717) is 28.4 Å². The lowest BCUT2D eigenvalue weighted by atomic mass is 10.2. The minimum Gasteiger partial charge on any atom is -0.494 e. The molecule has 9 heteroatoms. The van der Waals surface area contributed by atoms with E-state index in [9.17, 15) is 9.59 Å². The maximum atomic E-state index is 13.3. The number of thiophene rings is 1. The second kappa shape index (κ2) is 8.95. The summed E-state index contributed by atoms with van der Waals surface area (Å²) in [6.45, 7) is 3.20. The van der Waals surface area contributed by atoms with E-state index in [2.05, 4.69) is 5.10 Å². The monoisotopic (exact) mass is 462 g/mol. The highest BCUT2D eigenvalue weighted by Gasteiger charge is 2.19. The molecule has 5 aromatic rings. The van der Waals surface area contributed by atoms with Gasteiger partial charge in [0, 0.05) is 5.56 Å². The van der Waals surface area contributed by atoms with E-state index >= 15 is 0 Å². The summed E-state index contributed by atoms with van der Waals surface area (Å²) in [6, 6.07) is 18.7. The first-order valence-electron chi connectivity index (χ1n) is 10.7. The molecule has 0 saturated heterocycles. The maximum absolute atomic E-state index is 13.3. The fourth-order valence-corrected chi connectivity index (χ4v) is 4.61. The molecular formula is C24H22N4O4S. The Morgan fingerprint density at radius 2 is 1.76 bits per heavy atom. The lowest BCUT2D eigenvalue weighted by Crippen LogP contribution is -2.27. The Hall–Kier alpha value is -3.85. The molecule has 0 N–H and O–H groups in total. The van der Waals surface area contributed by atoms with Crippen LogP contribution in [0.2, 0.25) is 0 Å². The van der Waals surface area contributed by atoms with Gasteiger partial charge in [0.15, 0.2) is 0 Å². The molecule has 3 heterocycles. The smallest absolute Gasteiger partial charge is 0.352 e. The number of ether oxygens (including phenoxy) is 2. The lowest BCUT2D eigenvalue weighted by molar-refractivity contribution is 0.289. The van der Waals surface area contributed by atoms with Gasteiger partial charge in [0.25, 0.3) is 5.56 Å². The molecule has 0 aliphatic carbocycles. The number of para-hydroxylation sites is 2. The molecule has 0 aliphatic rings. The maximum Gasteiger partial charge on any atom is 0.352 e. The lowest BCUT2D eigenvalue weighted by Gasteiger charge is -2.12. The van der Waals surface area contributed by atoms with E-state index in [-0.39, 0.29) is 30.9 Å². The summed E-state index contributed by atoms with van der Waals surface area (Å²) in [5.41, 5.74) is 0.914. The normalized spacial score (nSPS) is 11.3. The zero-order valence-corrected chi connectivity index (χ0v) is 18.8. The van der Waals surface area contributed by atoms with Crippen molar-refractivity contribution in [2.75, 3.05) is 13.2 Å². The summed E-state index contributed by atoms with van der Waals surface area (Å²) >= 11 is 1.32. The first-order chi connectivity index (χ1) is 16.2. The molecule has 8 nitrogen and oxygen atoms in total. The van der Waals surface area contributed by atoms with Crippen molar-refractivity contribution in [1.29, 1.82) is 0 Å². The zero-order chi connectivity index (χ0) is 22.8.